The van der Waals surface area contributed by atoms with E-state index in [9.17, 15) is 0 Å². The monoisotopic (exact) mass is 234 g/mol. The first-order chi connectivity index (χ1) is 7.71. The van der Waals surface area contributed by atoms with Crippen molar-refractivity contribution in [1.82, 2.24) is 4.98 Å². The van der Waals surface area contributed by atoms with E-state index in [2.05, 4.69) is 22.9 Å². The molecule has 1 unspecified atom stereocenters. The van der Waals surface area contributed by atoms with Crippen LogP contribution in [-0.4, -0.2) is 18.1 Å². The van der Waals surface area contributed by atoms with Gasteiger partial charge in [-0.3, -0.25) is 0 Å². The van der Waals surface area contributed by atoms with E-state index < -0.39 is 0 Å². The van der Waals surface area contributed by atoms with Crippen molar-refractivity contribution in [1.29, 1.82) is 0 Å². The van der Waals surface area contributed by atoms with Gasteiger partial charge in [0.1, 0.15) is 5.15 Å². The van der Waals surface area contributed by atoms with Gasteiger partial charge >= 0.3 is 0 Å². The highest BCUT2D eigenvalue weighted by Crippen LogP contribution is 2.76. The third-order valence-electron chi connectivity index (χ3n) is 5.16. The van der Waals surface area contributed by atoms with Gasteiger partial charge in [-0.1, -0.05) is 18.5 Å². The normalized spacial score (nSPS) is 43.6. The molecule has 1 aliphatic heterocycles. The van der Waals surface area contributed by atoms with E-state index in [1.807, 2.05) is 12.3 Å². The molecule has 1 aromatic rings. The first kappa shape index (κ1) is 9.29. The Morgan fingerprint density at radius 1 is 1.50 bits per heavy atom. The highest BCUT2D eigenvalue weighted by Gasteiger charge is 2.74. The molecule has 16 heavy (non-hydrogen) atoms. The van der Waals surface area contributed by atoms with Gasteiger partial charge in [-0.05, 0) is 41.7 Å². The van der Waals surface area contributed by atoms with Crippen molar-refractivity contribution in [2.45, 2.75) is 13.3 Å². The number of hydrogen-bond acceptors (Lipinski definition) is 2. The van der Waals surface area contributed by atoms with Crippen molar-refractivity contribution >= 4 is 17.3 Å². The molecule has 2 heterocycles. The van der Waals surface area contributed by atoms with E-state index in [1.165, 1.54) is 25.2 Å². The summed E-state index contributed by atoms with van der Waals surface area (Å²) in [6, 6.07) is 4.07. The largest absolute Gasteiger partial charge is 0.371 e. The summed E-state index contributed by atoms with van der Waals surface area (Å²) in [5.41, 5.74) is 1.96. The minimum Gasteiger partial charge on any atom is -0.371 e. The molecule has 0 N–H and O–H groups in total. The predicted octanol–water partition coefficient (Wildman–Crippen LogP) is 2.83. The minimum atomic E-state index is 0.606. The second-order valence-corrected chi connectivity index (χ2v) is 6.11. The highest BCUT2D eigenvalue weighted by molar-refractivity contribution is 6.29. The standard InChI is InChI=1S/C13H15ClN2/c1-8-10-5-13(10)7-16(6-11(8)13)9-2-3-15-12(14)4-9/h2-4,8,10-11H,5-7H2,1H3/t8-,10+,11+,13?/m1/s1. The molecule has 4 rings (SSSR count). The lowest BCUT2D eigenvalue weighted by molar-refractivity contribution is 0.126. The number of anilines is 1. The smallest absolute Gasteiger partial charge is 0.131 e. The minimum absolute atomic E-state index is 0.606. The van der Waals surface area contributed by atoms with Crippen molar-refractivity contribution in [3.63, 3.8) is 0 Å². The van der Waals surface area contributed by atoms with Gasteiger partial charge in [0.05, 0.1) is 0 Å². The summed E-state index contributed by atoms with van der Waals surface area (Å²) in [5.74, 6) is 2.91. The van der Waals surface area contributed by atoms with Crippen LogP contribution in [-0.2, 0) is 0 Å². The topological polar surface area (TPSA) is 16.1 Å². The first-order valence-corrected chi connectivity index (χ1v) is 6.45. The van der Waals surface area contributed by atoms with E-state index in [0.717, 1.165) is 17.8 Å². The molecular formula is C13H15ClN2. The molecule has 0 aromatic carbocycles. The highest BCUT2D eigenvalue weighted by atomic mass is 35.5. The number of nitrogens with zero attached hydrogens (tertiary/aromatic N) is 2. The Bertz CT molecular complexity index is 461. The molecule has 84 valence electrons. The van der Waals surface area contributed by atoms with Crippen molar-refractivity contribution in [3.05, 3.63) is 23.5 Å². The van der Waals surface area contributed by atoms with Gasteiger partial charge < -0.3 is 4.90 Å². The fourth-order valence-electron chi connectivity index (χ4n) is 4.26. The average molecular weight is 235 g/mol. The average Bonchev–Trinajstić information content (AvgIpc) is 2.77. The summed E-state index contributed by atoms with van der Waals surface area (Å²) in [6.45, 7) is 4.88. The van der Waals surface area contributed by atoms with Crippen molar-refractivity contribution < 1.29 is 0 Å². The van der Waals surface area contributed by atoms with Crippen LogP contribution in [0.25, 0.3) is 0 Å². The maximum atomic E-state index is 5.95. The van der Waals surface area contributed by atoms with Crippen molar-refractivity contribution in [2.24, 2.45) is 23.2 Å². The fraction of sp³-hybridized carbons (Fsp3) is 0.615. The summed E-state index contributed by atoms with van der Waals surface area (Å²) in [4.78, 5) is 6.55. The van der Waals surface area contributed by atoms with E-state index in [4.69, 9.17) is 11.6 Å². The molecule has 1 aromatic heterocycles. The first-order valence-electron chi connectivity index (χ1n) is 6.07. The van der Waals surface area contributed by atoms with E-state index in [1.54, 1.807) is 0 Å². The molecule has 0 amide bonds. The summed E-state index contributed by atoms with van der Waals surface area (Å²) >= 11 is 5.95. The third-order valence-corrected chi connectivity index (χ3v) is 5.37. The quantitative estimate of drug-likeness (QED) is 0.695. The van der Waals surface area contributed by atoms with Crippen LogP contribution >= 0.6 is 11.6 Å². The van der Waals surface area contributed by atoms with Gasteiger partial charge in [0, 0.05) is 25.0 Å². The molecule has 0 radical (unpaired) electrons. The van der Waals surface area contributed by atoms with E-state index in [-0.39, 0.29) is 0 Å². The molecule has 2 aliphatic carbocycles. The molecule has 3 aliphatic rings. The lowest BCUT2D eigenvalue weighted by atomic mass is 9.68. The molecule has 4 atom stereocenters. The summed E-state index contributed by atoms with van der Waals surface area (Å²) in [7, 11) is 0. The SMILES string of the molecule is C[C@H]1[C@@H]2CN(c3ccnc(Cl)c3)CC23C[C@@H]13. The van der Waals surface area contributed by atoms with Gasteiger partial charge in [-0.15, -0.1) is 0 Å². The van der Waals surface area contributed by atoms with Gasteiger partial charge in [0.2, 0.25) is 0 Å². The fourth-order valence-corrected chi connectivity index (χ4v) is 4.43. The molecule has 0 bridgehead atoms. The molecule has 2 saturated carbocycles. The molecular weight excluding hydrogens is 220 g/mol. The van der Waals surface area contributed by atoms with Gasteiger partial charge in [0.15, 0.2) is 0 Å². The molecule has 3 heteroatoms. The maximum absolute atomic E-state index is 5.95. The Balaban J connectivity index is 1.63. The van der Waals surface area contributed by atoms with E-state index >= 15 is 0 Å². The zero-order valence-corrected chi connectivity index (χ0v) is 10.1. The van der Waals surface area contributed by atoms with Crippen LogP contribution in [0.1, 0.15) is 13.3 Å². The zero-order valence-electron chi connectivity index (χ0n) is 9.36. The maximum Gasteiger partial charge on any atom is 0.131 e. The van der Waals surface area contributed by atoms with Gasteiger partial charge in [-0.2, -0.15) is 0 Å². The van der Waals surface area contributed by atoms with Gasteiger partial charge in [-0.25, -0.2) is 4.98 Å². The Morgan fingerprint density at radius 3 is 3.06 bits per heavy atom. The summed E-state index contributed by atoms with van der Waals surface area (Å²) < 4.78 is 0. The van der Waals surface area contributed by atoms with Crippen LogP contribution in [0.3, 0.4) is 0 Å². The van der Waals surface area contributed by atoms with Crippen molar-refractivity contribution in [2.75, 3.05) is 18.0 Å². The van der Waals surface area contributed by atoms with Crippen LogP contribution in [0, 0.1) is 23.2 Å². The molecule has 1 spiro atoms. The molecule has 1 saturated heterocycles. The number of pyridine rings is 1. The second kappa shape index (κ2) is 2.73. The second-order valence-electron chi connectivity index (χ2n) is 5.73. The number of aromatic nitrogens is 1. The summed E-state index contributed by atoms with van der Waals surface area (Å²) in [6.07, 6.45) is 3.28. The van der Waals surface area contributed by atoms with Crippen molar-refractivity contribution in [3.8, 4) is 0 Å². The number of hydrogen-bond donors (Lipinski definition) is 0. The Hall–Kier alpha value is -0.760. The van der Waals surface area contributed by atoms with Crippen LogP contribution < -0.4 is 4.90 Å². The van der Waals surface area contributed by atoms with Crippen LogP contribution in [0.4, 0.5) is 5.69 Å². The lowest BCUT2D eigenvalue weighted by Gasteiger charge is -2.35. The van der Waals surface area contributed by atoms with Crippen LogP contribution in [0.2, 0.25) is 5.15 Å². The Morgan fingerprint density at radius 2 is 2.38 bits per heavy atom. The number of halogens is 1. The predicted molar refractivity (Wildman–Crippen MR) is 64.7 cm³/mol. The molecule has 2 nitrogen and oxygen atoms in total. The van der Waals surface area contributed by atoms with Gasteiger partial charge in [0.25, 0.3) is 0 Å². The third kappa shape index (κ3) is 0.969. The van der Waals surface area contributed by atoms with Crippen LogP contribution in [0.5, 0.6) is 0 Å². The Kier molecular flexibility index (Phi) is 1.58. The number of rotatable bonds is 1. The molecule has 3 fully saturated rings. The zero-order chi connectivity index (χ0) is 10.9. The van der Waals surface area contributed by atoms with Crippen LogP contribution in [0.15, 0.2) is 18.3 Å². The Labute approximate surface area is 101 Å². The lowest BCUT2D eigenvalue weighted by Crippen LogP contribution is -2.35. The van der Waals surface area contributed by atoms with E-state index in [0.29, 0.717) is 10.6 Å². The summed E-state index contributed by atoms with van der Waals surface area (Å²) in [5, 5.41) is 0.606.